The van der Waals surface area contributed by atoms with E-state index in [0.717, 1.165) is 37.2 Å². The summed E-state index contributed by atoms with van der Waals surface area (Å²) in [5, 5.41) is 5.22. The molecule has 4 nitrogen and oxygen atoms in total. The van der Waals surface area contributed by atoms with Gasteiger partial charge in [0.2, 0.25) is 10.0 Å². The molecule has 0 atom stereocenters. The van der Waals surface area contributed by atoms with Crippen LogP contribution in [0.25, 0.3) is 0 Å². The summed E-state index contributed by atoms with van der Waals surface area (Å²) in [5.74, 6) is 0.598. The minimum absolute atomic E-state index is 0.256. The highest BCUT2D eigenvalue weighted by Gasteiger charge is 2.41. The summed E-state index contributed by atoms with van der Waals surface area (Å²) in [6, 6.07) is 2.04. The topological polar surface area (TPSA) is 49.4 Å². The van der Waals surface area contributed by atoms with E-state index in [1.165, 1.54) is 12.8 Å². The van der Waals surface area contributed by atoms with Gasteiger partial charge in [0, 0.05) is 24.0 Å². The van der Waals surface area contributed by atoms with Crippen molar-refractivity contribution >= 4 is 21.4 Å². The second-order valence-corrected chi connectivity index (χ2v) is 8.99. The smallest absolute Gasteiger partial charge is 0.244 e. The third-order valence-corrected chi connectivity index (χ3v) is 7.15. The lowest BCUT2D eigenvalue weighted by atomic mass is 10.4. The van der Waals surface area contributed by atoms with E-state index in [-0.39, 0.29) is 6.04 Å². The van der Waals surface area contributed by atoms with E-state index in [1.54, 1.807) is 21.7 Å². The molecule has 1 aromatic rings. The SMILES string of the molecule is CCCNCc1sccc1S(=O)(=O)N(CC1CC1)C1CC1. The lowest BCUT2D eigenvalue weighted by molar-refractivity contribution is 0.388. The quantitative estimate of drug-likeness (QED) is 0.709. The van der Waals surface area contributed by atoms with Gasteiger partial charge in [-0.3, -0.25) is 0 Å². The summed E-state index contributed by atoms with van der Waals surface area (Å²) in [4.78, 5) is 1.48. The molecule has 0 aliphatic heterocycles. The number of hydrogen-bond acceptors (Lipinski definition) is 4. The molecule has 0 aromatic carbocycles. The van der Waals surface area contributed by atoms with Crippen LogP contribution in [0.5, 0.6) is 0 Å². The van der Waals surface area contributed by atoms with Crippen LogP contribution in [0, 0.1) is 5.92 Å². The molecule has 0 spiro atoms. The van der Waals surface area contributed by atoms with Gasteiger partial charge in [0.25, 0.3) is 0 Å². The maximum atomic E-state index is 13.0. The third kappa shape index (κ3) is 3.67. The lowest BCUT2D eigenvalue weighted by Crippen LogP contribution is -2.35. The van der Waals surface area contributed by atoms with Crippen LogP contribution in [-0.4, -0.2) is 31.9 Å². The fraction of sp³-hybridized carbons (Fsp3) is 0.733. The van der Waals surface area contributed by atoms with Crippen LogP contribution >= 0.6 is 11.3 Å². The van der Waals surface area contributed by atoms with E-state index >= 15 is 0 Å². The Morgan fingerprint density at radius 2 is 2.10 bits per heavy atom. The molecule has 0 saturated heterocycles. The highest BCUT2D eigenvalue weighted by Crippen LogP contribution is 2.39. The van der Waals surface area contributed by atoms with Crippen molar-refractivity contribution in [2.45, 2.75) is 56.5 Å². The number of rotatable bonds is 9. The predicted molar refractivity (Wildman–Crippen MR) is 86.0 cm³/mol. The first-order valence-electron chi connectivity index (χ1n) is 7.92. The molecule has 0 radical (unpaired) electrons. The van der Waals surface area contributed by atoms with Crippen molar-refractivity contribution < 1.29 is 8.42 Å². The van der Waals surface area contributed by atoms with Crippen molar-refractivity contribution in [3.8, 4) is 0 Å². The normalized spacial score (nSPS) is 19.3. The Morgan fingerprint density at radius 3 is 2.71 bits per heavy atom. The minimum Gasteiger partial charge on any atom is -0.312 e. The maximum absolute atomic E-state index is 13.0. The summed E-state index contributed by atoms with van der Waals surface area (Å²) < 4.78 is 27.8. The molecule has 21 heavy (non-hydrogen) atoms. The van der Waals surface area contributed by atoms with Crippen molar-refractivity contribution in [1.82, 2.24) is 9.62 Å². The van der Waals surface area contributed by atoms with Gasteiger partial charge in [-0.1, -0.05) is 6.92 Å². The van der Waals surface area contributed by atoms with Crippen LogP contribution in [-0.2, 0) is 16.6 Å². The molecule has 3 rings (SSSR count). The Bertz CT molecular complexity index is 574. The maximum Gasteiger partial charge on any atom is 0.244 e. The molecule has 1 aromatic heterocycles. The summed E-state index contributed by atoms with van der Waals surface area (Å²) in [6.45, 7) is 4.42. The first kappa shape index (κ1) is 15.5. The average molecular weight is 329 g/mol. The summed E-state index contributed by atoms with van der Waals surface area (Å²) in [7, 11) is -3.31. The molecular weight excluding hydrogens is 304 g/mol. The van der Waals surface area contributed by atoms with E-state index in [0.29, 0.717) is 17.4 Å². The molecule has 1 N–H and O–H groups in total. The third-order valence-electron chi connectivity index (χ3n) is 4.09. The van der Waals surface area contributed by atoms with Gasteiger partial charge in [-0.2, -0.15) is 4.31 Å². The average Bonchev–Trinajstić information content (AvgIpc) is 3.36. The molecule has 118 valence electrons. The van der Waals surface area contributed by atoms with E-state index in [9.17, 15) is 8.42 Å². The van der Waals surface area contributed by atoms with Crippen molar-refractivity contribution in [3.63, 3.8) is 0 Å². The molecule has 0 amide bonds. The summed E-state index contributed by atoms with van der Waals surface area (Å²) >= 11 is 1.54. The van der Waals surface area contributed by atoms with Crippen molar-refractivity contribution in [1.29, 1.82) is 0 Å². The molecule has 0 unspecified atom stereocenters. The number of sulfonamides is 1. The van der Waals surface area contributed by atoms with Crippen LogP contribution in [0.4, 0.5) is 0 Å². The van der Waals surface area contributed by atoms with Crippen molar-refractivity contribution in [2.24, 2.45) is 5.92 Å². The highest BCUT2D eigenvalue weighted by atomic mass is 32.2. The summed E-state index contributed by atoms with van der Waals surface area (Å²) in [6.07, 6.45) is 5.49. The fourth-order valence-corrected chi connectivity index (χ4v) is 5.70. The molecular formula is C15H24N2O2S2. The lowest BCUT2D eigenvalue weighted by Gasteiger charge is -2.22. The van der Waals surface area contributed by atoms with Crippen LogP contribution in [0.2, 0.25) is 0 Å². The van der Waals surface area contributed by atoms with Gasteiger partial charge in [-0.25, -0.2) is 8.42 Å². The van der Waals surface area contributed by atoms with Gasteiger partial charge >= 0.3 is 0 Å². The zero-order chi connectivity index (χ0) is 14.9. The molecule has 1 heterocycles. The summed E-state index contributed by atoms with van der Waals surface area (Å²) in [5.41, 5.74) is 0. The van der Waals surface area contributed by atoms with E-state index in [4.69, 9.17) is 0 Å². The van der Waals surface area contributed by atoms with Gasteiger partial charge < -0.3 is 5.32 Å². The molecule has 2 fully saturated rings. The number of nitrogens with zero attached hydrogens (tertiary/aromatic N) is 1. The van der Waals surface area contributed by atoms with Gasteiger partial charge in [-0.05, 0) is 56.0 Å². The zero-order valence-corrected chi connectivity index (χ0v) is 14.2. The second-order valence-electron chi connectivity index (χ2n) is 6.13. The van der Waals surface area contributed by atoms with Gasteiger partial charge in [-0.15, -0.1) is 11.3 Å². The molecule has 2 aliphatic rings. The number of thiophene rings is 1. The Labute approximate surface area is 131 Å². The molecule has 2 aliphatic carbocycles. The standard InChI is InChI=1S/C15H24N2O2S2/c1-2-8-16-10-14-15(7-9-20-14)21(18,19)17(13-5-6-13)11-12-3-4-12/h7,9,12-13,16H,2-6,8,10-11H2,1H3. The Hall–Kier alpha value is -0.430. The number of hydrogen-bond donors (Lipinski definition) is 1. The predicted octanol–water partition coefficient (Wildman–Crippen LogP) is 2.81. The second kappa shape index (κ2) is 6.36. The van der Waals surface area contributed by atoms with E-state index < -0.39 is 10.0 Å². The van der Waals surface area contributed by atoms with Gasteiger partial charge in [0.15, 0.2) is 0 Å². The molecule has 0 bridgehead atoms. The van der Waals surface area contributed by atoms with Crippen LogP contribution in [0.1, 0.15) is 43.9 Å². The fourth-order valence-electron chi connectivity index (χ4n) is 2.55. The largest absolute Gasteiger partial charge is 0.312 e. The minimum atomic E-state index is -3.31. The Morgan fingerprint density at radius 1 is 1.33 bits per heavy atom. The van der Waals surface area contributed by atoms with Crippen molar-refractivity contribution in [2.75, 3.05) is 13.1 Å². The van der Waals surface area contributed by atoms with Crippen LogP contribution < -0.4 is 5.32 Å². The first-order valence-corrected chi connectivity index (χ1v) is 10.2. The monoisotopic (exact) mass is 328 g/mol. The highest BCUT2D eigenvalue weighted by molar-refractivity contribution is 7.89. The number of nitrogens with one attached hydrogen (secondary N) is 1. The van der Waals surface area contributed by atoms with E-state index in [1.807, 2.05) is 5.38 Å². The van der Waals surface area contributed by atoms with Crippen molar-refractivity contribution in [3.05, 3.63) is 16.3 Å². The Kier molecular flexibility index (Phi) is 4.69. The van der Waals surface area contributed by atoms with E-state index in [2.05, 4.69) is 12.2 Å². The Balaban J connectivity index is 1.77. The van der Waals surface area contributed by atoms with Crippen LogP contribution in [0.3, 0.4) is 0 Å². The first-order chi connectivity index (χ1) is 10.1. The van der Waals surface area contributed by atoms with Crippen LogP contribution in [0.15, 0.2) is 16.3 Å². The molecule has 2 saturated carbocycles. The van der Waals surface area contributed by atoms with Gasteiger partial charge in [0.1, 0.15) is 0 Å². The van der Waals surface area contributed by atoms with Gasteiger partial charge in [0.05, 0.1) is 4.90 Å². The zero-order valence-electron chi connectivity index (χ0n) is 12.5. The molecule has 6 heteroatoms.